The van der Waals surface area contributed by atoms with E-state index in [9.17, 15) is 19.8 Å². The van der Waals surface area contributed by atoms with Gasteiger partial charge in [-0.15, -0.1) is 0 Å². The number of carboxylic acid groups (broad SMARTS) is 1. The van der Waals surface area contributed by atoms with Crippen LogP contribution in [0.3, 0.4) is 0 Å². The van der Waals surface area contributed by atoms with Gasteiger partial charge in [-0.1, -0.05) is 0 Å². The number of aromatic hydroxyl groups is 2. The Labute approximate surface area is 124 Å². The largest absolute Gasteiger partial charge is 0.507 e. The van der Waals surface area contributed by atoms with Crippen molar-refractivity contribution >= 4 is 22.8 Å². The molecular weight excluding hydrogens is 292 g/mol. The lowest BCUT2D eigenvalue weighted by Gasteiger charge is -2.08. The molecule has 2 aromatic rings. The topological polar surface area (TPSA) is 117 Å². The molecule has 0 aliphatic rings. The maximum Gasteiger partial charge on any atom is 0.347 e. The minimum atomic E-state index is -1.25. The van der Waals surface area contributed by atoms with Crippen molar-refractivity contribution < 1.29 is 29.3 Å². The standard InChI is InChI=1S/C15H14O7/c1-7-5-8-6-10(16)9(3-4-11(21-2)14(18)19)13(17)12(8)15(20)22-7/h3-6,11,16-17H,1-2H3,(H,18,19)/t11-/m1/s1. The molecule has 1 atom stereocenters. The van der Waals surface area contributed by atoms with E-state index in [0.29, 0.717) is 11.1 Å². The molecule has 0 radical (unpaired) electrons. The van der Waals surface area contributed by atoms with Crippen LogP contribution < -0.4 is 5.63 Å². The molecule has 7 nitrogen and oxygen atoms in total. The second kappa shape index (κ2) is 5.90. The van der Waals surface area contributed by atoms with E-state index in [1.165, 1.54) is 25.3 Å². The monoisotopic (exact) mass is 306 g/mol. The van der Waals surface area contributed by atoms with Crippen molar-refractivity contribution in [2.24, 2.45) is 0 Å². The molecule has 3 N–H and O–H groups in total. The van der Waals surface area contributed by atoms with E-state index in [-0.39, 0.29) is 16.7 Å². The molecule has 116 valence electrons. The Morgan fingerprint density at radius 3 is 2.64 bits per heavy atom. The summed E-state index contributed by atoms with van der Waals surface area (Å²) in [7, 11) is 1.21. The Morgan fingerprint density at radius 1 is 1.36 bits per heavy atom. The minimum Gasteiger partial charge on any atom is -0.507 e. The number of benzene rings is 1. The number of rotatable bonds is 4. The van der Waals surface area contributed by atoms with Crippen LogP contribution in [0.25, 0.3) is 16.8 Å². The average molecular weight is 306 g/mol. The normalized spacial score (nSPS) is 12.8. The SMILES string of the molecule is CO[C@H](C=Cc1c(O)cc2cc(C)oc(=O)c2c1O)C(=O)O. The Morgan fingerprint density at radius 2 is 2.05 bits per heavy atom. The number of aryl methyl sites for hydroxylation is 1. The molecule has 0 spiro atoms. The fraction of sp³-hybridized carbons (Fsp3) is 0.200. The highest BCUT2D eigenvalue weighted by molar-refractivity contribution is 5.93. The van der Waals surface area contributed by atoms with Gasteiger partial charge in [0.1, 0.15) is 22.6 Å². The number of phenolic OH excluding ortho intramolecular Hbond substituents is 2. The summed E-state index contributed by atoms with van der Waals surface area (Å²) in [5.41, 5.74) is -0.837. The van der Waals surface area contributed by atoms with Gasteiger partial charge in [0.05, 0.1) is 5.56 Å². The third-order valence-electron chi connectivity index (χ3n) is 3.10. The number of methoxy groups -OCH3 is 1. The van der Waals surface area contributed by atoms with Gasteiger partial charge in [-0.2, -0.15) is 0 Å². The molecule has 0 fully saturated rings. The first-order valence-corrected chi connectivity index (χ1v) is 6.28. The van der Waals surface area contributed by atoms with Crippen LogP contribution in [0.2, 0.25) is 0 Å². The number of hydrogen-bond donors (Lipinski definition) is 3. The fourth-order valence-electron chi connectivity index (χ4n) is 2.07. The van der Waals surface area contributed by atoms with Gasteiger partial charge < -0.3 is 24.5 Å². The Bertz CT molecular complexity index is 817. The molecule has 22 heavy (non-hydrogen) atoms. The van der Waals surface area contributed by atoms with Crippen molar-refractivity contribution in [3.63, 3.8) is 0 Å². The van der Waals surface area contributed by atoms with Crippen molar-refractivity contribution in [2.75, 3.05) is 7.11 Å². The highest BCUT2D eigenvalue weighted by Gasteiger charge is 2.17. The summed E-state index contributed by atoms with van der Waals surface area (Å²) < 4.78 is 9.62. The van der Waals surface area contributed by atoms with Crippen LogP contribution in [-0.4, -0.2) is 34.5 Å². The zero-order valence-corrected chi connectivity index (χ0v) is 11.9. The van der Waals surface area contributed by atoms with Crippen LogP contribution in [0, 0.1) is 6.92 Å². The average Bonchev–Trinajstić information content (AvgIpc) is 2.40. The molecule has 0 amide bonds. The first-order valence-electron chi connectivity index (χ1n) is 6.28. The molecular formula is C15H14O7. The van der Waals surface area contributed by atoms with Gasteiger partial charge >= 0.3 is 11.6 Å². The summed E-state index contributed by atoms with van der Waals surface area (Å²) in [5, 5.41) is 29.2. The molecule has 0 bridgehead atoms. The highest BCUT2D eigenvalue weighted by Crippen LogP contribution is 2.35. The maximum absolute atomic E-state index is 11.8. The lowest BCUT2D eigenvalue weighted by molar-refractivity contribution is -0.145. The van der Waals surface area contributed by atoms with E-state index in [2.05, 4.69) is 0 Å². The lowest BCUT2D eigenvalue weighted by Crippen LogP contribution is -2.19. The number of carboxylic acids is 1. The number of ether oxygens (including phenoxy) is 1. The predicted octanol–water partition coefficient (Wildman–Crippen LogP) is 1.63. The summed E-state index contributed by atoms with van der Waals surface area (Å²) in [5.74, 6) is -1.68. The Kier molecular flexibility index (Phi) is 4.18. The molecule has 1 heterocycles. The zero-order valence-electron chi connectivity index (χ0n) is 11.9. The smallest absolute Gasteiger partial charge is 0.347 e. The predicted molar refractivity (Wildman–Crippen MR) is 78.0 cm³/mol. The third kappa shape index (κ3) is 2.79. The van der Waals surface area contributed by atoms with Crippen LogP contribution in [0.15, 0.2) is 27.4 Å². The van der Waals surface area contributed by atoms with Gasteiger partial charge in [-0.25, -0.2) is 9.59 Å². The van der Waals surface area contributed by atoms with Crippen LogP contribution in [0.1, 0.15) is 11.3 Å². The molecule has 0 saturated heterocycles. The fourth-order valence-corrected chi connectivity index (χ4v) is 2.07. The number of fused-ring (bicyclic) bond motifs is 1. The Hall–Kier alpha value is -2.80. The quantitative estimate of drug-likeness (QED) is 0.785. The maximum atomic E-state index is 11.8. The van der Waals surface area contributed by atoms with Crippen molar-refractivity contribution in [3.05, 3.63) is 40.0 Å². The van der Waals surface area contributed by atoms with Gasteiger partial charge in [-0.05, 0) is 36.6 Å². The van der Waals surface area contributed by atoms with Gasteiger partial charge in [0.2, 0.25) is 0 Å². The minimum absolute atomic E-state index is 0.0904. The summed E-state index contributed by atoms with van der Waals surface area (Å²) in [6, 6.07) is 2.79. The van der Waals surface area contributed by atoms with Crippen molar-refractivity contribution in [1.82, 2.24) is 0 Å². The number of phenols is 2. The Balaban J connectivity index is 2.63. The highest BCUT2D eigenvalue weighted by atomic mass is 16.5. The van der Waals surface area contributed by atoms with E-state index < -0.39 is 23.4 Å². The van der Waals surface area contributed by atoms with E-state index >= 15 is 0 Å². The molecule has 1 aromatic carbocycles. The first-order chi connectivity index (χ1) is 10.3. The van der Waals surface area contributed by atoms with E-state index in [0.717, 1.165) is 6.08 Å². The van der Waals surface area contributed by atoms with Crippen LogP contribution in [-0.2, 0) is 9.53 Å². The van der Waals surface area contributed by atoms with Crippen molar-refractivity contribution in [2.45, 2.75) is 13.0 Å². The van der Waals surface area contributed by atoms with E-state index in [4.69, 9.17) is 14.3 Å². The molecule has 0 saturated carbocycles. The summed E-state index contributed by atoms with van der Waals surface area (Å²) >= 11 is 0. The molecule has 0 unspecified atom stereocenters. The molecule has 0 aliphatic heterocycles. The van der Waals surface area contributed by atoms with Crippen LogP contribution in [0.5, 0.6) is 11.5 Å². The van der Waals surface area contributed by atoms with Gasteiger partial charge in [0.15, 0.2) is 6.10 Å². The second-order valence-electron chi connectivity index (χ2n) is 4.62. The second-order valence-corrected chi connectivity index (χ2v) is 4.62. The van der Waals surface area contributed by atoms with Gasteiger partial charge in [0, 0.05) is 7.11 Å². The first kappa shape index (κ1) is 15.6. The van der Waals surface area contributed by atoms with Gasteiger partial charge in [0.25, 0.3) is 0 Å². The molecule has 0 aliphatic carbocycles. The van der Waals surface area contributed by atoms with Crippen LogP contribution in [0.4, 0.5) is 0 Å². The molecule has 2 rings (SSSR count). The number of carbonyl (C=O) groups is 1. The summed E-state index contributed by atoms with van der Waals surface area (Å²) in [6.45, 7) is 1.57. The zero-order chi connectivity index (χ0) is 16.4. The number of hydrogen-bond acceptors (Lipinski definition) is 6. The lowest BCUT2D eigenvalue weighted by atomic mass is 10.0. The summed E-state index contributed by atoms with van der Waals surface area (Å²) in [4.78, 5) is 22.7. The summed E-state index contributed by atoms with van der Waals surface area (Å²) in [6.07, 6.45) is 1.06. The van der Waals surface area contributed by atoms with Crippen molar-refractivity contribution in [3.8, 4) is 11.5 Å². The van der Waals surface area contributed by atoms with Crippen LogP contribution >= 0.6 is 0 Å². The van der Waals surface area contributed by atoms with E-state index in [1.54, 1.807) is 6.92 Å². The molecule has 1 aromatic heterocycles. The van der Waals surface area contributed by atoms with Crippen molar-refractivity contribution in [1.29, 1.82) is 0 Å². The van der Waals surface area contributed by atoms with E-state index in [1.807, 2.05) is 0 Å². The number of aliphatic carboxylic acids is 1. The third-order valence-corrected chi connectivity index (χ3v) is 3.10. The van der Waals surface area contributed by atoms with Gasteiger partial charge in [-0.3, -0.25) is 0 Å². The molecule has 7 heteroatoms.